The van der Waals surface area contributed by atoms with Gasteiger partial charge in [-0.05, 0) is 26.7 Å². The maximum atomic E-state index is 11.9. The highest BCUT2D eigenvalue weighted by Gasteiger charge is 2.51. The third kappa shape index (κ3) is 2.43. The van der Waals surface area contributed by atoms with Gasteiger partial charge >= 0.3 is 5.97 Å². The van der Waals surface area contributed by atoms with Crippen molar-refractivity contribution in [1.82, 2.24) is 0 Å². The number of ether oxygens (including phenoxy) is 1. The molecule has 3 atom stereocenters. The van der Waals surface area contributed by atoms with Crippen LogP contribution in [0.3, 0.4) is 0 Å². The molecule has 92 valence electrons. The molecule has 0 aromatic carbocycles. The standard InChI is InChI=1S/C12H20O4/c1-4-6-8-9(11(14)16-5-2)7-12(3,15)10(8)13/h8-9,15H,4-7H2,1-3H3/t8-,9+,12+/m1/s1. The Hall–Kier alpha value is -0.900. The highest BCUT2D eigenvalue weighted by atomic mass is 16.5. The van der Waals surface area contributed by atoms with E-state index in [1.807, 2.05) is 6.92 Å². The van der Waals surface area contributed by atoms with E-state index in [1.165, 1.54) is 6.92 Å². The van der Waals surface area contributed by atoms with Crippen molar-refractivity contribution in [2.75, 3.05) is 6.61 Å². The van der Waals surface area contributed by atoms with Gasteiger partial charge in [-0.3, -0.25) is 9.59 Å². The minimum atomic E-state index is -1.36. The van der Waals surface area contributed by atoms with Crippen molar-refractivity contribution in [2.45, 2.75) is 45.6 Å². The summed E-state index contributed by atoms with van der Waals surface area (Å²) in [5.74, 6) is -1.42. The minimum absolute atomic E-state index is 0.190. The van der Waals surface area contributed by atoms with E-state index < -0.39 is 11.5 Å². The normalized spacial score (nSPS) is 34.1. The van der Waals surface area contributed by atoms with E-state index in [0.29, 0.717) is 13.0 Å². The maximum Gasteiger partial charge on any atom is 0.309 e. The smallest absolute Gasteiger partial charge is 0.309 e. The fourth-order valence-electron chi connectivity index (χ4n) is 2.39. The van der Waals surface area contributed by atoms with Crippen LogP contribution in [0.1, 0.15) is 40.0 Å². The molecule has 1 fully saturated rings. The molecule has 1 saturated carbocycles. The summed E-state index contributed by atoms with van der Waals surface area (Å²) in [4.78, 5) is 23.6. The largest absolute Gasteiger partial charge is 0.466 e. The molecular formula is C12H20O4. The predicted molar refractivity (Wildman–Crippen MR) is 58.8 cm³/mol. The van der Waals surface area contributed by atoms with Gasteiger partial charge in [-0.25, -0.2) is 0 Å². The molecule has 4 nitrogen and oxygen atoms in total. The molecule has 0 unspecified atom stereocenters. The van der Waals surface area contributed by atoms with E-state index in [1.54, 1.807) is 6.92 Å². The molecule has 0 bridgehead atoms. The van der Waals surface area contributed by atoms with Crippen molar-refractivity contribution in [3.05, 3.63) is 0 Å². The number of hydrogen-bond donors (Lipinski definition) is 1. The Morgan fingerprint density at radius 2 is 2.19 bits per heavy atom. The molecule has 1 aliphatic carbocycles. The number of carbonyl (C=O) groups excluding carboxylic acids is 2. The van der Waals surface area contributed by atoms with Crippen LogP contribution in [0, 0.1) is 11.8 Å². The molecule has 4 heteroatoms. The minimum Gasteiger partial charge on any atom is -0.466 e. The Morgan fingerprint density at radius 1 is 1.56 bits per heavy atom. The van der Waals surface area contributed by atoms with Crippen molar-refractivity contribution in [3.8, 4) is 0 Å². The average Bonchev–Trinajstić information content (AvgIpc) is 2.43. The summed E-state index contributed by atoms with van der Waals surface area (Å²) in [5, 5.41) is 9.89. The summed E-state index contributed by atoms with van der Waals surface area (Å²) < 4.78 is 4.94. The Kier molecular flexibility index (Phi) is 4.08. The molecule has 0 amide bonds. The molecule has 16 heavy (non-hydrogen) atoms. The summed E-state index contributed by atoms with van der Waals surface area (Å²) in [5.41, 5.74) is -1.36. The predicted octanol–water partition coefficient (Wildman–Crippen LogP) is 1.31. The SMILES string of the molecule is CCC[C@H]1C(=O)[C@@](C)(O)C[C@@H]1C(=O)OCC. The van der Waals surface area contributed by atoms with Crippen LogP contribution >= 0.6 is 0 Å². The van der Waals surface area contributed by atoms with Gasteiger partial charge in [-0.15, -0.1) is 0 Å². The first-order valence-corrected chi connectivity index (χ1v) is 5.87. The molecule has 0 aromatic heterocycles. The van der Waals surface area contributed by atoms with Gasteiger partial charge < -0.3 is 9.84 Å². The van der Waals surface area contributed by atoms with Crippen LogP contribution in [0.2, 0.25) is 0 Å². The Balaban J connectivity index is 2.83. The second kappa shape index (κ2) is 4.95. The number of carbonyl (C=O) groups is 2. The molecule has 1 rings (SSSR count). The van der Waals surface area contributed by atoms with Crippen molar-refractivity contribution >= 4 is 11.8 Å². The van der Waals surface area contributed by atoms with Gasteiger partial charge in [0.05, 0.1) is 12.5 Å². The Labute approximate surface area is 96.0 Å². The summed E-state index contributed by atoms with van der Waals surface area (Å²) in [6.07, 6.45) is 1.65. The fourth-order valence-corrected chi connectivity index (χ4v) is 2.39. The Morgan fingerprint density at radius 3 is 2.69 bits per heavy atom. The summed E-state index contributed by atoms with van der Waals surface area (Å²) in [6, 6.07) is 0. The monoisotopic (exact) mass is 228 g/mol. The first-order chi connectivity index (χ1) is 7.44. The first kappa shape index (κ1) is 13.2. The summed E-state index contributed by atoms with van der Waals surface area (Å²) in [6.45, 7) is 5.49. The Bertz CT molecular complexity index is 283. The van der Waals surface area contributed by atoms with Crippen LogP contribution in [0.15, 0.2) is 0 Å². The second-order valence-electron chi connectivity index (χ2n) is 4.60. The zero-order valence-electron chi connectivity index (χ0n) is 10.2. The maximum absolute atomic E-state index is 11.9. The molecule has 0 heterocycles. The molecule has 0 radical (unpaired) electrons. The average molecular weight is 228 g/mol. The lowest BCUT2D eigenvalue weighted by Gasteiger charge is -2.15. The van der Waals surface area contributed by atoms with Gasteiger partial charge in [0, 0.05) is 5.92 Å². The summed E-state index contributed by atoms with van der Waals surface area (Å²) >= 11 is 0. The zero-order chi connectivity index (χ0) is 12.3. The lowest BCUT2D eigenvalue weighted by Crippen LogP contribution is -2.31. The molecule has 0 aromatic rings. The number of hydrogen-bond acceptors (Lipinski definition) is 4. The van der Waals surface area contributed by atoms with E-state index in [-0.39, 0.29) is 24.1 Å². The van der Waals surface area contributed by atoms with Gasteiger partial charge in [0.2, 0.25) is 0 Å². The third-order valence-electron chi connectivity index (χ3n) is 3.16. The topological polar surface area (TPSA) is 63.6 Å². The van der Waals surface area contributed by atoms with E-state index in [0.717, 1.165) is 6.42 Å². The van der Waals surface area contributed by atoms with Gasteiger partial charge in [0.15, 0.2) is 5.78 Å². The number of aliphatic hydroxyl groups is 1. The van der Waals surface area contributed by atoms with Crippen molar-refractivity contribution in [1.29, 1.82) is 0 Å². The van der Waals surface area contributed by atoms with E-state index in [4.69, 9.17) is 4.74 Å². The van der Waals surface area contributed by atoms with Gasteiger partial charge in [0.25, 0.3) is 0 Å². The molecule has 0 aliphatic heterocycles. The quantitative estimate of drug-likeness (QED) is 0.737. The number of Topliss-reactive ketones (excluding diaryl/α,β-unsaturated/α-hetero) is 1. The van der Waals surface area contributed by atoms with Gasteiger partial charge in [-0.2, -0.15) is 0 Å². The molecule has 0 spiro atoms. The number of esters is 1. The lowest BCUT2D eigenvalue weighted by atomic mass is 9.91. The van der Waals surface area contributed by atoms with E-state index in [2.05, 4.69) is 0 Å². The fraction of sp³-hybridized carbons (Fsp3) is 0.833. The lowest BCUT2D eigenvalue weighted by molar-refractivity contribution is -0.150. The third-order valence-corrected chi connectivity index (χ3v) is 3.16. The second-order valence-corrected chi connectivity index (χ2v) is 4.60. The van der Waals surface area contributed by atoms with Gasteiger partial charge in [-0.1, -0.05) is 13.3 Å². The van der Waals surface area contributed by atoms with Crippen molar-refractivity contribution in [2.24, 2.45) is 11.8 Å². The van der Waals surface area contributed by atoms with Crippen LogP contribution in [0.25, 0.3) is 0 Å². The molecule has 0 saturated heterocycles. The first-order valence-electron chi connectivity index (χ1n) is 5.87. The van der Waals surface area contributed by atoms with Crippen molar-refractivity contribution < 1.29 is 19.4 Å². The summed E-state index contributed by atoms with van der Waals surface area (Å²) in [7, 11) is 0. The van der Waals surface area contributed by atoms with Crippen LogP contribution in [0.4, 0.5) is 0 Å². The molecule has 1 aliphatic rings. The van der Waals surface area contributed by atoms with Gasteiger partial charge in [0.1, 0.15) is 5.60 Å². The number of rotatable bonds is 4. The van der Waals surface area contributed by atoms with E-state index >= 15 is 0 Å². The highest BCUT2D eigenvalue weighted by molar-refractivity contribution is 5.96. The molecule has 1 N–H and O–H groups in total. The zero-order valence-corrected chi connectivity index (χ0v) is 10.2. The van der Waals surface area contributed by atoms with Crippen molar-refractivity contribution in [3.63, 3.8) is 0 Å². The highest BCUT2D eigenvalue weighted by Crippen LogP contribution is 2.39. The molecular weight excluding hydrogens is 208 g/mol. The number of ketones is 1. The van der Waals surface area contributed by atoms with Crippen LogP contribution < -0.4 is 0 Å². The van der Waals surface area contributed by atoms with Crippen LogP contribution in [-0.2, 0) is 14.3 Å². The van der Waals surface area contributed by atoms with Crippen LogP contribution in [0.5, 0.6) is 0 Å². The van der Waals surface area contributed by atoms with E-state index in [9.17, 15) is 14.7 Å². The van der Waals surface area contributed by atoms with Crippen LogP contribution in [-0.4, -0.2) is 29.1 Å².